The molecule has 0 spiro atoms. The van der Waals surface area contributed by atoms with E-state index in [9.17, 15) is 10.6 Å². The Morgan fingerprint density at radius 2 is 1.40 bits per heavy atom. The third kappa shape index (κ3) is 10.0. The number of rotatable bonds is 8. The number of para-hydroxylation sites is 1. The maximum absolute atomic E-state index is 13.1. The Bertz CT molecular complexity index is 4390. The fraction of sp³-hybridized carbons (Fsp3) is 0.323. The van der Waals surface area contributed by atoms with Gasteiger partial charge in [0.1, 0.15) is 11.6 Å². The molecule has 0 aliphatic carbocycles. The van der Waals surface area contributed by atoms with Crippen molar-refractivity contribution in [2.45, 2.75) is 131 Å². The van der Waals surface area contributed by atoms with Gasteiger partial charge in [0.05, 0.1) is 31.9 Å². The number of aryl methyl sites for hydroxylation is 1. The fourth-order valence-electron chi connectivity index (χ4n) is 7.68. The number of imidazole rings is 1. The molecular weight excluding hydrogens is 998 g/mol. The van der Waals surface area contributed by atoms with Gasteiger partial charge in [-0.1, -0.05) is 179 Å². The van der Waals surface area contributed by atoms with Crippen molar-refractivity contribution in [1.82, 2.24) is 14.5 Å². The van der Waals surface area contributed by atoms with Crippen LogP contribution >= 0.6 is 0 Å². The Morgan fingerprint density at radius 3 is 2.07 bits per heavy atom. The number of fused-ring (bicyclic) bond motifs is 1. The first kappa shape index (κ1) is 22.7. The van der Waals surface area contributed by atoms with Gasteiger partial charge in [-0.05, 0) is 117 Å². The molecule has 0 aliphatic heterocycles. The molecule has 8 rings (SSSR count). The van der Waals surface area contributed by atoms with E-state index in [2.05, 4.69) is 11.1 Å². The van der Waals surface area contributed by atoms with Crippen molar-refractivity contribution in [1.29, 1.82) is 0 Å². The van der Waals surface area contributed by atoms with Crippen LogP contribution in [0.3, 0.4) is 0 Å². The third-order valence-electron chi connectivity index (χ3n) is 11.4. The average molecular weight is 1100 g/mol. The number of pyridine rings is 1. The molecule has 67 heavy (non-hydrogen) atoms. The number of nitrogens with zero attached hydrogens (tertiary/aromatic N) is 3. The molecule has 0 atom stereocenters. The molecule has 0 bridgehead atoms. The van der Waals surface area contributed by atoms with Crippen molar-refractivity contribution < 1.29 is 70.0 Å². The molecule has 0 saturated carbocycles. The summed E-state index contributed by atoms with van der Waals surface area (Å²) in [7, 11) is 0. The van der Waals surface area contributed by atoms with Crippen LogP contribution in [0.25, 0.3) is 72.7 Å². The maximum atomic E-state index is 13.1. The van der Waals surface area contributed by atoms with Crippen LogP contribution < -0.4 is 0 Å². The zero-order valence-electron chi connectivity index (χ0n) is 69.7. The van der Waals surface area contributed by atoms with Gasteiger partial charge >= 0.3 is 0 Å². The number of hydrogen-bond acceptors (Lipinski definition) is 3. The van der Waals surface area contributed by atoms with Crippen molar-refractivity contribution in [2.24, 2.45) is 0 Å². The van der Waals surface area contributed by atoms with Crippen LogP contribution in [-0.2, 0) is 37.3 Å². The molecular formula is C62H68N3OPt-. The van der Waals surface area contributed by atoms with E-state index in [1.165, 1.54) is 42.5 Å². The van der Waals surface area contributed by atoms with E-state index >= 15 is 0 Å². The van der Waals surface area contributed by atoms with Crippen molar-refractivity contribution in [3.8, 4) is 67.5 Å². The summed E-state index contributed by atoms with van der Waals surface area (Å²) in [5.74, 6) is -3.78. The standard InChI is InChI=1S/C62H68N3O.Pt/c1-37(2)44-28-45(38(3)4)30-46(29-44)42-23-24-55(40(6)27-42)65-56-18-16-17-51(57(56)64-59(65)52-35-50(61(10,11)12)36-53(58(52)66)62(13,14)15)47-31-48(33-49(32-47)60(7,8)9)54-34-43(25-26-63-54)41-21-19-39(5)20-22-41;/h16-30,32-38,66H,1-15H3;/q-1;/i5D3,6D3,10D3,11D3,12D3,13D3,14D3,15D3,19D,20D,21D,22D,25D,26D,34D,37D;. The Balaban J connectivity index is 0.0000138. The van der Waals surface area contributed by atoms with Gasteiger partial charge in [0.25, 0.3) is 0 Å². The van der Waals surface area contributed by atoms with E-state index in [1.807, 2.05) is 19.9 Å². The first-order chi connectivity index (χ1) is 44.1. The number of phenols is 1. The monoisotopic (exact) mass is 1100 g/mol. The summed E-state index contributed by atoms with van der Waals surface area (Å²) in [4.78, 5) is 9.22. The van der Waals surface area contributed by atoms with Gasteiger partial charge in [-0.25, -0.2) is 4.98 Å². The normalized spacial score (nSPS) is 21.0. The maximum Gasteiger partial charge on any atom is 0.148 e. The molecule has 5 heteroatoms. The topological polar surface area (TPSA) is 50.9 Å². The minimum Gasteiger partial charge on any atom is -0.507 e. The minimum absolute atomic E-state index is 0. The minimum atomic E-state index is -4.37. The van der Waals surface area contributed by atoms with Crippen molar-refractivity contribution in [2.75, 3.05) is 0 Å². The molecule has 0 radical (unpaired) electrons. The molecule has 0 aliphatic rings. The van der Waals surface area contributed by atoms with Crippen LogP contribution in [0.4, 0.5) is 0 Å². The van der Waals surface area contributed by atoms with Gasteiger partial charge in [-0.3, -0.25) is 9.55 Å². The quantitative estimate of drug-likeness (QED) is 0.154. The van der Waals surface area contributed by atoms with Gasteiger partial charge in [0.15, 0.2) is 0 Å². The van der Waals surface area contributed by atoms with Crippen LogP contribution in [0.2, 0.25) is 0 Å². The molecule has 2 heterocycles. The third-order valence-corrected chi connectivity index (χ3v) is 11.4. The summed E-state index contributed by atoms with van der Waals surface area (Å²) in [6.07, 6.45) is -0.853. The predicted molar refractivity (Wildman–Crippen MR) is 280 cm³/mol. The van der Waals surface area contributed by atoms with E-state index in [1.54, 1.807) is 52.8 Å². The second-order valence-electron chi connectivity index (χ2n) is 18.0. The van der Waals surface area contributed by atoms with Gasteiger partial charge in [0, 0.05) is 72.8 Å². The first-order valence-electron chi connectivity index (χ1n) is 37.0. The smallest absolute Gasteiger partial charge is 0.148 e. The molecule has 348 valence electrons. The average Bonchev–Trinajstić information content (AvgIpc) is 1.33. The van der Waals surface area contributed by atoms with Crippen molar-refractivity contribution in [3.63, 3.8) is 0 Å². The van der Waals surface area contributed by atoms with Crippen LogP contribution in [0.15, 0.2) is 121 Å². The zero-order valence-corrected chi connectivity index (χ0v) is 40.0. The van der Waals surface area contributed by atoms with E-state index < -0.39 is 176 Å². The van der Waals surface area contributed by atoms with E-state index in [0.29, 0.717) is 22.8 Å². The molecule has 6 aromatic carbocycles. The zero-order chi connectivity index (χ0) is 74.6. The SMILES string of the molecule is [2H]c1nc(-c2[c-]c(-c3cccc4c3nc(-c3cc(C(C([2H])([2H])[2H])(C([2H])([2H])[2H])C([2H])([2H])[2H])cc(C(C([2H])([2H])[2H])(C([2H])([2H])[2H])C([2H])([2H])[2H])c3O)n4-c3ccc(-c4cc(C(C)C)cc(C([2H])(C)C)c4)cc3C([2H])([2H])[2H])cc(C(C)(C)C)c2)c([2H])c(-c2c([2H])c([2H])c(C([2H])([2H])[2H])c([2H])c2[2H])c1[2H].[Pt]. The molecule has 2 aromatic heterocycles. The summed E-state index contributed by atoms with van der Waals surface area (Å²) in [6, 6.07) is 14.8. The Kier molecular flexibility index (Phi) is 6.26. The van der Waals surface area contributed by atoms with Gasteiger partial charge in [0.2, 0.25) is 0 Å². The predicted octanol–water partition coefficient (Wildman–Crippen LogP) is 17.0. The summed E-state index contributed by atoms with van der Waals surface area (Å²) in [5.41, 5.74) is -15.7. The fourth-order valence-corrected chi connectivity index (χ4v) is 7.68. The largest absolute Gasteiger partial charge is 0.507 e. The molecule has 0 unspecified atom stereocenters. The van der Waals surface area contributed by atoms with Crippen molar-refractivity contribution in [3.05, 3.63) is 166 Å². The van der Waals surface area contributed by atoms with Gasteiger partial charge < -0.3 is 5.11 Å². The van der Waals surface area contributed by atoms with Crippen LogP contribution in [0, 0.1) is 19.8 Å². The second kappa shape index (κ2) is 18.5. The summed E-state index contributed by atoms with van der Waals surface area (Å²) in [6.45, 7) is -19.6. The Labute approximate surface area is 460 Å². The number of benzene rings is 6. The Morgan fingerprint density at radius 1 is 0.687 bits per heavy atom. The number of hydrogen-bond donors (Lipinski definition) is 1. The second-order valence-corrected chi connectivity index (χ2v) is 18.0. The van der Waals surface area contributed by atoms with Crippen LogP contribution in [0.5, 0.6) is 5.75 Å². The van der Waals surface area contributed by atoms with Crippen LogP contribution in [0.1, 0.15) is 184 Å². The molecule has 0 saturated heterocycles. The summed E-state index contributed by atoms with van der Waals surface area (Å²) >= 11 is 0. The summed E-state index contributed by atoms with van der Waals surface area (Å²) < 4.78 is 282. The number of phenolic OH excluding ortho intramolecular Hbond substituents is 1. The van der Waals surface area contributed by atoms with E-state index in [4.69, 9.17) is 43.4 Å². The molecule has 0 amide bonds. The first-order valence-corrected chi connectivity index (χ1v) is 21.0. The number of aromatic hydroxyl groups is 1. The van der Waals surface area contributed by atoms with Gasteiger partial charge in [-0.15, -0.1) is 29.3 Å². The van der Waals surface area contributed by atoms with E-state index in [-0.39, 0.29) is 72.0 Å². The molecule has 8 aromatic rings. The molecule has 4 nitrogen and oxygen atoms in total. The van der Waals surface area contributed by atoms with Gasteiger partial charge in [-0.2, -0.15) is 0 Å². The molecule has 0 fully saturated rings. The molecule has 1 N–H and O–H groups in total. The van der Waals surface area contributed by atoms with E-state index in [0.717, 1.165) is 10.1 Å². The van der Waals surface area contributed by atoms with Crippen molar-refractivity contribution >= 4 is 11.0 Å². The summed E-state index contributed by atoms with van der Waals surface area (Å²) in [5, 5.41) is 13.1. The Hall–Kier alpha value is -5.57. The number of aromatic nitrogens is 3. The van der Waals surface area contributed by atoms with Crippen LogP contribution in [-0.4, -0.2) is 19.6 Å².